The molecule has 0 saturated carbocycles. The SMILES string of the molecule is O=C(c1ccncc1)N1CCN(c2nc3ccccc3o2)CC1. The number of nitrogens with zero attached hydrogens (tertiary/aromatic N) is 4. The summed E-state index contributed by atoms with van der Waals surface area (Å²) >= 11 is 0. The Morgan fingerprint density at radius 3 is 2.48 bits per heavy atom. The number of benzene rings is 1. The van der Waals surface area contributed by atoms with E-state index in [4.69, 9.17) is 4.42 Å². The first-order valence-electron chi connectivity index (χ1n) is 7.61. The van der Waals surface area contributed by atoms with Crippen molar-refractivity contribution in [2.45, 2.75) is 0 Å². The summed E-state index contributed by atoms with van der Waals surface area (Å²) in [4.78, 5) is 24.8. The fraction of sp³-hybridized carbons (Fsp3) is 0.235. The molecular weight excluding hydrogens is 292 g/mol. The van der Waals surface area contributed by atoms with Crippen molar-refractivity contribution in [1.29, 1.82) is 0 Å². The molecule has 0 N–H and O–H groups in total. The molecule has 6 heteroatoms. The maximum atomic E-state index is 12.4. The van der Waals surface area contributed by atoms with Crippen LogP contribution in [0.25, 0.3) is 11.1 Å². The fourth-order valence-corrected chi connectivity index (χ4v) is 2.77. The van der Waals surface area contributed by atoms with Crippen LogP contribution < -0.4 is 4.90 Å². The number of amides is 1. The summed E-state index contributed by atoms with van der Waals surface area (Å²) in [6, 6.07) is 11.8. The highest BCUT2D eigenvalue weighted by Crippen LogP contribution is 2.22. The van der Waals surface area contributed by atoms with Crippen LogP contribution in [0.15, 0.2) is 53.2 Å². The van der Waals surface area contributed by atoms with Crippen LogP contribution in [0.2, 0.25) is 0 Å². The molecule has 23 heavy (non-hydrogen) atoms. The molecule has 1 amide bonds. The maximum Gasteiger partial charge on any atom is 0.298 e. The van der Waals surface area contributed by atoms with E-state index in [1.807, 2.05) is 29.2 Å². The second-order valence-electron chi connectivity index (χ2n) is 5.48. The van der Waals surface area contributed by atoms with E-state index in [1.165, 1.54) is 0 Å². The molecule has 0 aliphatic carbocycles. The van der Waals surface area contributed by atoms with Crippen molar-refractivity contribution in [2.75, 3.05) is 31.1 Å². The molecule has 3 heterocycles. The van der Waals surface area contributed by atoms with Gasteiger partial charge in [-0.2, -0.15) is 4.98 Å². The molecule has 0 atom stereocenters. The average Bonchev–Trinajstić information content (AvgIpc) is 3.06. The summed E-state index contributed by atoms with van der Waals surface area (Å²) in [6.45, 7) is 2.73. The molecule has 3 aromatic rings. The molecule has 0 spiro atoms. The van der Waals surface area contributed by atoms with Crippen LogP contribution in [-0.4, -0.2) is 47.0 Å². The van der Waals surface area contributed by atoms with E-state index in [9.17, 15) is 4.79 Å². The second-order valence-corrected chi connectivity index (χ2v) is 5.48. The van der Waals surface area contributed by atoms with Crippen molar-refractivity contribution in [3.05, 3.63) is 54.4 Å². The number of aromatic nitrogens is 2. The van der Waals surface area contributed by atoms with Gasteiger partial charge in [0.05, 0.1) is 0 Å². The normalized spacial score (nSPS) is 15.1. The van der Waals surface area contributed by atoms with Gasteiger partial charge in [-0.05, 0) is 24.3 Å². The number of carbonyl (C=O) groups is 1. The van der Waals surface area contributed by atoms with Crippen molar-refractivity contribution in [1.82, 2.24) is 14.9 Å². The van der Waals surface area contributed by atoms with Gasteiger partial charge in [0.25, 0.3) is 11.9 Å². The average molecular weight is 308 g/mol. The molecule has 1 aliphatic heterocycles. The van der Waals surface area contributed by atoms with Crippen LogP contribution in [0, 0.1) is 0 Å². The van der Waals surface area contributed by atoms with Gasteiger partial charge in [0, 0.05) is 44.1 Å². The predicted octanol–water partition coefficient (Wildman–Crippen LogP) is 2.19. The number of rotatable bonds is 2. The summed E-state index contributed by atoms with van der Waals surface area (Å²) in [5, 5.41) is 0. The lowest BCUT2D eigenvalue weighted by Crippen LogP contribution is -2.48. The molecule has 1 fully saturated rings. The first kappa shape index (κ1) is 13.8. The van der Waals surface area contributed by atoms with Gasteiger partial charge in [-0.3, -0.25) is 9.78 Å². The predicted molar refractivity (Wildman–Crippen MR) is 86.4 cm³/mol. The van der Waals surface area contributed by atoms with Gasteiger partial charge >= 0.3 is 0 Å². The molecule has 0 radical (unpaired) electrons. The number of hydrogen-bond acceptors (Lipinski definition) is 5. The number of oxazole rings is 1. The molecular formula is C17H16N4O2. The molecule has 0 bridgehead atoms. The van der Waals surface area contributed by atoms with Crippen LogP contribution in [-0.2, 0) is 0 Å². The zero-order valence-corrected chi connectivity index (χ0v) is 12.6. The third kappa shape index (κ3) is 2.63. The van der Waals surface area contributed by atoms with Crippen molar-refractivity contribution in [3.8, 4) is 0 Å². The van der Waals surface area contributed by atoms with Crippen LogP contribution in [0.5, 0.6) is 0 Å². The smallest absolute Gasteiger partial charge is 0.298 e. The minimum Gasteiger partial charge on any atom is -0.423 e. The number of para-hydroxylation sites is 2. The van der Waals surface area contributed by atoms with Crippen LogP contribution in [0.3, 0.4) is 0 Å². The lowest BCUT2D eigenvalue weighted by molar-refractivity contribution is 0.0745. The van der Waals surface area contributed by atoms with Crippen molar-refractivity contribution >= 4 is 23.0 Å². The number of pyridine rings is 1. The van der Waals surface area contributed by atoms with Gasteiger partial charge in [-0.1, -0.05) is 12.1 Å². The highest BCUT2D eigenvalue weighted by atomic mass is 16.4. The van der Waals surface area contributed by atoms with E-state index in [0.717, 1.165) is 11.1 Å². The number of fused-ring (bicyclic) bond motifs is 1. The monoisotopic (exact) mass is 308 g/mol. The second kappa shape index (κ2) is 5.72. The maximum absolute atomic E-state index is 12.4. The number of piperazine rings is 1. The standard InChI is InChI=1S/C17H16N4O2/c22-16(13-5-7-18-8-6-13)20-9-11-21(12-10-20)17-19-14-3-1-2-4-15(14)23-17/h1-8H,9-12H2. The Balaban J connectivity index is 1.45. The lowest BCUT2D eigenvalue weighted by Gasteiger charge is -2.33. The molecule has 1 aliphatic rings. The van der Waals surface area contributed by atoms with E-state index in [0.29, 0.717) is 37.8 Å². The molecule has 2 aromatic heterocycles. The van der Waals surface area contributed by atoms with Gasteiger partial charge < -0.3 is 14.2 Å². The van der Waals surface area contributed by atoms with Crippen molar-refractivity contribution in [2.24, 2.45) is 0 Å². The molecule has 6 nitrogen and oxygen atoms in total. The van der Waals surface area contributed by atoms with E-state index in [-0.39, 0.29) is 5.91 Å². The first-order chi connectivity index (χ1) is 11.3. The Morgan fingerprint density at radius 1 is 1.00 bits per heavy atom. The Hall–Kier alpha value is -2.89. The zero-order valence-electron chi connectivity index (χ0n) is 12.6. The molecule has 0 unspecified atom stereocenters. The summed E-state index contributed by atoms with van der Waals surface area (Å²) in [7, 11) is 0. The summed E-state index contributed by atoms with van der Waals surface area (Å²) in [5.74, 6) is 0.0459. The third-order valence-electron chi connectivity index (χ3n) is 4.05. The Labute approximate surface area is 133 Å². The summed E-state index contributed by atoms with van der Waals surface area (Å²) in [5.41, 5.74) is 2.32. The fourth-order valence-electron chi connectivity index (χ4n) is 2.77. The molecule has 1 aromatic carbocycles. The van der Waals surface area contributed by atoms with Gasteiger partial charge in [-0.25, -0.2) is 0 Å². The van der Waals surface area contributed by atoms with E-state index >= 15 is 0 Å². The van der Waals surface area contributed by atoms with E-state index in [1.54, 1.807) is 24.5 Å². The van der Waals surface area contributed by atoms with E-state index in [2.05, 4.69) is 14.9 Å². The summed E-state index contributed by atoms with van der Waals surface area (Å²) in [6.07, 6.45) is 3.28. The largest absolute Gasteiger partial charge is 0.423 e. The van der Waals surface area contributed by atoms with Gasteiger partial charge in [-0.15, -0.1) is 0 Å². The van der Waals surface area contributed by atoms with Crippen molar-refractivity contribution < 1.29 is 9.21 Å². The lowest BCUT2D eigenvalue weighted by atomic mass is 10.2. The minimum atomic E-state index is 0.0459. The molecule has 1 saturated heterocycles. The van der Waals surface area contributed by atoms with Crippen molar-refractivity contribution in [3.63, 3.8) is 0 Å². The number of anilines is 1. The third-order valence-corrected chi connectivity index (χ3v) is 4.05. The van der Waals surface area contributed by atoms with E-state index < -0.39 is 0 Å². The summed E-state index contributed by atoms with van der Waals surface area (Å²) < 4.78 is 5.79. The Morgan fingerprint density at radius 2 is 1.74 bits per heavy atom. The highest BCUT2D eigenvalue weighted by molar-refractivity contribution is 5.94. The topological polar surface area (TPSA) is 62.5 Å². The molecule has 4 rings (SSSR count). The Kier molecular flexibility index (Phi) is 3.42. The number of hydrogen-bond donors (Lipinski definition) is 0. The van der Waals surface area contributed by atoms with Crippen LogP contribution in [0.4, 0.5) is 6.01 Å². The first-order valence-corrected chi connectivity index (χ1v) is 7.61. The van der Waals surface area contributed by atoms with Gasteiger partial charge in [0.2, 0.25) is 0 Å². The van der Waals surface area contributed by atoms with Gasteiger partial charge in [0.1, 0.15) is 5.52 Å². The molecule has 116 valence electrons. The quantitative estimate of drug-likeness (QED) is 0.726. The number of carbonyl (C=O) groups excluding carboxylic acids is 1. The Bertz CT molecular complexity index is 790. The zero-order chi connectivity index (χ0) is 15.6. The van der Waals surface area contributed by atoms with Crippen LogP contribution in [0.1, 0.15) is 10.4 Å². The van der Waals surface area contributed by atoms with Gasteiger partial charge in [0.15, 0.2) is 5.58 Å². The minimum absolute atomic E-state index is 0.0459. The van der Waals surface area contributed by atoms with Crippen LogP contribution >= 0.6 is 0 Å². The highest BCUT2D eigenvalue weighted by Gasteiger charge is 2.24.